The smallest absolute Gasteiger partial charge is 0.137 e. The van der Waals surface area contributed by atoms with E-state index in [1.807, 2.05) is 19.1 Å². The maximum Gasteiger partial charge on any atom is 0.137 e. The van der Waals surface area contributed by atoms with Crippen LogP contribution < -0.4 is 5.32 Å². The van der Waals surface area contributed by atoms with Gasteiger partial charge in [0.1, 0.15) is 12.4 Å². The lowest BCUT2D eigenvalue weighted by molar-refractivity contribution is 0.192. The van der Waals surface area contributed by atoms with Gasteiger partial charge in [-0.1, -0.05) is 0 Å². The number of rotatable bonds is 2. The van der Waals surface area contributed by atoms with Crippen LogP contribution in [-0.4, -0.2) is 26.9 Å². The van der Waals surface area contributed by atoms with Gasteiger partial charge < -0.3 is 14.8 Å². The average molecular weight is 169 g/mol. The summed E-state index contributed by atoms with van der Waals surface area (Å²) in [4.78, 5) is 0. The van der Waals surface area contributed by atoms with E-state index in [0.717, 1.165) is 24.6 Å². The lowest BCUT2D eigenvalue weighted by Crippen LogP contribution is -2.27. The summed E-state index contributed by atoms with van der Waals surface area (Å²) in [5, 5.41) is 3.24. The molecule has 1 saturated heterocycles. The Morgan fingerprint density at radius 2 is 2.50 bits per heavy atom. The van der Waals surface area contributed by atoms with Crippen LogP contribution in [0, 0.1) is 0 Å². The van der Waals surface area contributed by atoms with Gasteiger partial charge >= 0.3 is 0 Å². The fourth-order valence-electron chi connectivity index (χ4n) is 1.09. The van der Waals surface area contributed by atoms with Crippen LogP contribution in [-0.2, 0) is 9.47 Å². The van der Waals surface area contributed by atoms with Gasteiger partial charge in [-0.3, -0.25) is 0 Å². The monoisotopic (exact) mass is 169 g/mol. The maximum absolute atomic E-state index is 5.41. The average Bonchev–Trinajstić information content (AvgIpc) is 2.15. The minimum Gasteiger partial charge on any atom is -0.490 e. The molecule has 0 saturated carbocycles. The van der Waals surface area contributed by atoms with Crippen molar-refractivity contribution >= 4 is 0 Å². The molecule has 0 amide bonds. The lowest BCUT2D eigenvalue weighted by Gasteiger charge is -2.21. The molecule has 0 radical (unpaired) electrons. The highest BCUT2D eigenvalue weighted by atomic mass is 16.5. The van der Waals surface area contributed by atoms with E-state index in [2.05, 4.69) is 5.32 Å². The van der Waals surface area contributed by atoms with Gasteiger partial charge in [-0.15, -0.1) is 0 Å². The number of methoxy groups -OCH3 is 1. The van der Waals surface area contributed by atoms with E-state index in [4.69, 9.17) is 9.47 Å². The molecule has 1 fully saturated rings. The third kappa shape index (κ3) is 2.27. The van der Waals surface area contributed by atoms with Crippen molar-refractivity contribution in [3.05, 3.63) is 23.6 Å². The summed E-state index contributed by atoms with van der Waals surface area (Å²) in [5.41, 5.74) is 1.03. The molecule has 0 atom stereocenters. The van der Waals surface area contributed by atoms with Crippen LogP contribution >= 0.6 is 0 Å². The second kappa shape index (κ2) is 4.83. The molecule has 3 heteroatoms. The second-order valence-corrected chi connectivity index (χ2v) is 2.50. The molecule has 1 aliphatic heterocycles. The predicted molar refractivity (Wildman–Crippen MR) is 47.7 cm³/mol. The zero-order chi connectivity index (χ0) is 8.81. The Hall–Kier alpha value is -0.960. The molecule has 12 heavy (non-hydrogen) atoms. The Morgan fingerprint density at radius 3 is 3.17 bits per heavy atom. The van der Waals surface area contributed by atoms with E-state index in [1.54, 1.807) is 7.11 Å². The first-order valence-corrected chi connectivity index (χ1v) is 4.11. The molecule has 1 heterocycles. The normalized spacial score (nSPS) is 23.8. The summed E-state index contributed by atoms with van der Waals surface area (Å²) < 4.78 is 10.3. The molecular formula is C9H15NO2. The molecule has 3 nitrogen and oxygen atoms in total. The Labute approximate surface area is 73.1 Å². The quantitative estimate of drug-likeness (QED) is 0.670. The van der Waals surface area contributed by atoms with Crippen molar-refractivity contribution < 1.29 is 9.47 Å². The Bertz CT molecular complexity index is 197. The van der Waals surface area contributed by atoms with Gasteiger partial charge in [0.2, 0.25) is 0 Å². The number of hydrogen-bond donors (Lipinski definition) is 1. The molecule has 0 spiro atoms. The van der Waals surface area contributed by atoms with Crippen molar-refractivity contribution in [2.75, 3.05) is 26.9 Å². The third-order valence-electron chi connectivity index (χ3n) is 1.66. The second-order valence-electron chi connectivity index (χ2n) is 2.50. The Morgan fingerprint density at radius 1 is 1.67 bits per heavy atom. The van der Waals surface area contributed by atoms with Crippen LogP contribution in [0.25, 0.3) is 0 Å². The van der Waals surface area contributed by atoms with Crippen molar-refractivity contribution in [1.82, 2.24) is 5.32 Å². The highest BCUT2D eigenvalue weighted by Crippen LogP contribution is 2.11. The molecule has 1 aliphatic rings. The maximum atomic E-state index is 5.41. The van der Waals surface area contributed by atoms with Gasteiger partial charge in [0.15, 0.2) is 0 Å². The van der Waals surface area contributed by atoms with E-state index in [-0.39, 0.29) is 0 Å². The molecule has 0 aromatic carbocycles. The van der Waals surface area contributed by atoms with E-state index in [1.165, 1.54) is 0 Å². The number of morpholine rings is 1. The summed E-state index contributed by atoms with van der Waals surface area (Å²) in [6.07, 6.45) is 3.93. The SMILES string of the molecule is C/C=C1/OCCN/C1=C/COC. The van der Waals surface area contributed by atoms with Crippen LogP contribution in [0.4, 0.5) is 0 Å². The number of nitrogens with one attached hydrogen (secondary N) is 1. The fourth-order valence-corrected chi connectivity index (χ4v) is 1.09. The number of hydrogen-bond acceptors (Lipinski definition) is 3. The first-order chi connectivity index (χ1) is 5.88. The summed E-state index contributed by atoms with van der Waals surface area (Å²) in [5.74, 6) is 0.915. The van der Waals surface area contributed by atoms with Gasteiger partial charge in [0, 0.05) is 13.7 Å². The van der Waals surface area contributed by atoms with Crippen LogP contribution in [0.2, 0.25) is 0 Å². The molecular weight excluding hydrogens is 154 g/mol. The van der Waals surface area contributed by atoms with E-state index in [9.17, 15) is 0 Å². The van der Waals surface area contributed by atoms with Gasteiger partial charge in [0.25, 0.3) is 0 Å². The molecule has 1 rings (SSSR count). The number of ether oxygens (including phenoxy) is 2. The van der Waals surface area contributed by atoms with Crippen molar-refractivity contribution in [2.24, 2.45) is 0 Å². The molecule has 0 aromatic heterocycles. The third-order valence-corrected chi connectivity index (χ3v) is 1.66. The van der Waals surface area contributed by atoms with Crippen molar-refractivity contribution in [3.63, 3.8) is 0 Å². The molecule has 68 valence electrons. The zero-order valence-electron chi connectivity index (χ0n) is 7.59. The van der Waals surface area contributed by atoms with Gasteiger partial charge in [-0.2, -0.15) is 0 Å². The van der Waals surface area contributed by atoms with E-state index < -0.39 is 0 Å². The van der Waals surface area contributed by atoms with Crippen LogP contribution in [0.5, 0.6) is 0 Å². The minimum absolute atomic E-state index is 0.614. The zero-order valence-corrected chi connectivity index (χ0v) is 7.59. The summed E-state index contributed by atoms with van der Waals surface area (Å²) in [7, 11) is 1.68. The molecule has 0 unspecified atom stereocenters. The molecule has 0 bridgehead atoms. The Balaban J connectivity index is 2.59. The molecule has 1 N–H and O–H groups in total. The van der Waals surface area contributed by atoms with Gasteiger partial charge in [0.05, 0.1) is 12.3 Å². The van der Waals surface area contributed by atoms with E-state index >= 15 is 0 Å². The first-order valence-electron chi connectivity index (χ1n) is 4.11. The van der Waals surface area contributed by atoms with Gasteiger partial charge in [-0.25, -0.2) is 0 Å². The largest absolute Gasteiger partial charge is 0.490 e. The Kier molecular flexibility index (Phi) is 3.67. The first kappa shape index (κ1) is 9.13. The van der Waals surface area contributed by atoms with Gasteiger partial charge in [-0.05, 0) is 19.1 Å². The minimum atomic E-state index is 0.614. The summed E-state index contributed by atoms with van der Waals surface area (Å²) >= 11 is 0. The standard InChI is InChI=1S/C9H15NO2/c1-3-9-8(4-6-11-2)10-5-7-12-9/h3-4,10H,5-7H2,1-2H3/b8-4+,9-3+. The van der Waals surface area contributed by atoms with Crippen LogP contribution in [0.15, 0.2) is 23.6 Å². The van der Waals surface area contributed by atoms with Crippen molar-refractivity contribution in [3.8, 4) is 0 Å². The van der Waals surface area contributed by atoms with Crippen LogP contribution in [0.3, 0.4) is 0 Å². The van der Waals surface area contributed by atoms with Crippen LogP contribution in [0.1, 0.15) is 6.92 Å². The molecule has 0 aliphatic carbocycles. The number of allylic oxidation sites excluding steroid dienone is 1. The lowest BCUT2D eigenvalue weighted by atomic mass is 10.3. The highest BCUT2D eigenvalue weighted by molar-refractivity contribution is 5.25. The summed E-state index contributed by atoms with van der Waals surface area (Å²) in [6.45, 7) is 4.18. The topological polar surface area (TPSA) is 30.5 Å². The fraction of sp³-hybridized carbons (Fsp3) is 0.556. The summed E-state index contributed by atoms with van der Waals surface area (Å²) in [6, 6.07) is 0. The van der Waals surface area contributed by atoms with Crippen molar-refractivity contribution in [2.45, 2.75) is 6.92 Å². The highest BCUT2D eigenvalue weighted by Gasteiger charge is 2.09. The van der Waals surface area contributed by atoms with E-state index in [0.29, 0.717) is 6.61 Å². The van der Waals surface area contributed by atoms with Crippen molar-refractivity contribution in [1.29, 1.82) is 0 Å². The molecule has 0 aromatic rings. The predicted octanol–water partition coefficient (Wildman–Crippen LogP) is 1.04.